The molecule has 1 aliphatic heterocycles. The van der Waals surface area contributed by atoms with Crippen LogP contribution < -0.4 is 14.8 Å². The SMILES string of the molecule is NS(=O)(=O)NCC1CCCN(c2cc(Br)ccn2)C1. The van der Waals surface area contributed by atoms with E-state index < -0.39 is 10.2 Å². The fourth-order valence-electron chi connectivity index (χ4n) is 2.24. The summed E-state index contributed by atoms with van der Waals surface area (Å²) in [5, 5.41) is 4.95. The Labute approximate surface area is 121 Å². The van der Waals surface area contributed by atoms with Gasteiger partial charge in [-0.1, -0.05) is 15.9 Å². The minimum Gasteiger partial charge on any atom is -0.356 e. The average molecular weight is 349 g/mol. The van der Waals surface area contributed by atoms with E-state index in [1.165, 1.54) is 0 Å². The van der Waals surface area contributed by atoms with Gasteiger partial charge >= 0.3 is 0 Å². The van der Waals surface area contributed by atoms with E-state index in [9.17, 15) is 8.42 Å². The molecule has 0 aromatic carbocycles. The van der Waals surface area contributed by atoms with E-state index in [0.717, 1.165) is 36.2 Å². The summed E-state index contributed by atoms with van der Waals surface area (Å²) < 4.78 is 25.2. The summed E-state index contributed by atoms with van der Waals surface area (Å²) in [7, 11) is -3.60. The maximum Gasteiger partial charge on any atom is 0.274 e. The van der Waals surface area contributed by atoms with Gasteiger partial charge < -0.3 is 4.90 Å². The second kappa shape index (κ2) is 6.17. The number of piperidine rings is 1. The van der Waals surface area contributed by atoms with E-state index in [4.69, 9.17) is 5.14 Å². The van der Waals surface area contributed by atoms with Crippen molar-refractivity contribution in [3.63, 3.8) is 0 Å². The summed E-state index contributed by atoms with van der Waals surface area (Å²) in [5.41, 5.74) is 0. The molecule has 0 bridgehead atoms. The van der Waals surface area contributed by atoms with Crippen molar-refractivity contribution >= 4 is 32.0 Å². The third-order valence-electron chi connectivity index (χ3n) is 3.12. The van der Waals surface area contributed by atoms with E-state index >= 15 is 0 Å². The summed E-state index contributed by atoms with van der Waals surface area (Å²) in [6.45, 7) is 2.10. The van der Waals surface area contributed by atoms with Crippen LogP contribution in [0, 0.1) is 5.92 Å². The van der Waals surface area contributed by atoms with E-state index in [1.807, 2.05) is 12.1 Å². The molecule has 1 atom stereocenters. The molecule has 0 saturated carbocycles. The van der Waals surface area contributed by atoms with Crippen LogP contribution in [0.1, 0.15) is 12.8 Å². The second-order valence-electron chi connectivity index (χ2n) is 4.68. The van der Waals surface area contributed by atoms with Crippen molar-refractivity contribution in [1.82, 2.24) is 9.71 Å². The molecule has 1 aromatic rings. The van der Waals surface area contributed by atoms with Crippen LogP contribution in [0.15, 0.2) is 22.8 Å². The largest absolute Gasteiger partial charge is 0.356 e. The van der Waals surface area contributed by atoms with Gasteiger partial charge in [0.25, 0.3) is 10.2 Å². The van der Waals surface area contributed by atoms with Gasteiger partial charge in [0.1, 0.15) is 5.82 Å². The van der Waals surface area contributed by atoms with E-state index in [1.54, 1.807) is 6.20 Å². The predicted octanol–water partition coefficient (Wildman–Crippen LogP) is 0.854. The number of nitrogens with two attached hydrogens (primary N) is 1. The van der Waals surface area contributed by atoms with Crippen LogP contribution in [-0.2, 0) is 10.2 Å². The Morgan fingerprint density at radius 1 is 1.58 bits per heavy atom. The van der Waals surface area contributed by atoms with Gasteiger partial charge in [0.2, 0.25) is 0 Å². The first kappa shape index (κ1) is 14.7. The maximum absolute atomic E-state index is 10.9. The smallest absolute Gasteiger partial charge is 0.274 e. The predicted molar refractivity (Wildman–Crippen MR) is 78.0 cm³/mol. The average Bonchev–Trinajstić information content (AvgIpc) is 2.36. The summed E-state index contributed by atoms with van der Waals surface area (Å²) in [6.07, 6.45) is 3.77. The van der Waals surface area contributed by atoms with Gasteiger partial charge in [0, 0.05) is 30.3 Å². The Kier molecular flexibility index (Phi) is 4.77. The van der Waals surface area contributed by atoms with Gasteiger partial charge in [-0.3, -0.25) is 0 Å². The molecule has 1 unspecified atom stereocenters. The van der Waals surface area contributed by atoms with Crippen LogP contribution in [0.2, 0.25) is 0 Å². The molecule has 0 aliphatic carbocycles. The molecule has 2 heterocycles. The van der Waals surface area contributed by atoms with Crippen molar-refractivity contribution in [2.75, 3.05) is 24.5 Å². The highest BCUT2D eigenvalue weighted by Crippen LogP contribution is 2.23. The Hall–Kier alpha value is -0.700. The van der Waals surface area contributed by atoms with Crippen LogP contribution in [0.25, 0.3) is 0 Å². The van der Waals surface area contributed by atoms with Crippen LogP contribution in [0.5, 0.6) is 0 Å². The third kappa shape index (κ3) is 4.72. The number of aromatic nitrogens is 1. The molecule has 6 nitrogen and oxygen atoms in total. The molecular weight excluding hydrogens is 332 g/mol. The summed E-state index contributed by atoms with van der Waals surface area (Å²) in [5.74, 6) is 1.17. The lowest BCUT2D eigenvalue weighted by atomic mass is 9.98. The zero-order valence-electron chi connectivity index (χ0n) is 10.4. The number of hydrogen-bond donors (Lipinski definition) is 2. The fraction of sp³-hybridized carbons (Fsp3) is 0.545. The Bertz CT molecular complexity index is 537. The first-order valence-electron chi connectivity index (χ1n) is 6.08. The number of nitrogens with zero attached hydrogens (tertiary/aromatic N) is 2. The molecule has 0 amide bonds. The molecule has 0 spiro atoms. The zero-order valence-corrected chi connectivity index (χ0v) is 12.8. The van der Waals surface area contributed by atoms with E-state index in [-0.39, 0.29) is 5.92 Å². The maximum atomic E-state index is 10.9. The minimum atomic E-state index is -3.60. The van der Waals surface area contributed by atoms with E-state index in [0.29, 0.717) is 6.54 Å². The Balaban J connectivity index is 1.97. The number of hydrogen-bond acceptors (Lipinski definition) is 4. The van der Waals surface area contributed by atoms with Gasteiger partial charge in [0.05, 0.1) is 0 Å². The topological polar surface area (TPSA) is 88.3 Å². The summed E-state index contributed by atoms with van der Waals surface area (Å²) in [4.78, 5) is 6.51. The first-order valence-corrected chi connectivity index (χ1v) is 8.42. The molecule has 1 saturated heterocycles. The normalized spacial score (nSPS) is 20.5. The molecule has 1 fully saturated rings. The zero-order chi connectivity index (χ0) is 13.9. The lowest BCUT2D eigenvalue weighted by molar-refractivity contribution is 0.409. The van der Waals surface area contributed by atoms with Gasteiger partial charge in [-0.2, -0.15) is 8.42 Å². The quantitative estimate of drug-likeness (QED) is 0.844. The molecule has 2 rings (SSSR count). The number of nitrogens with one attached hydrogen (secondary N) is 1. The fourth-order valence-corrected chi connectivity index (χ4v) is 3.03. The molecular formula is C11H17BrN4O2S. The van der Waals surface area contributed by atoms with Crippen molar-refractivity contribution in [3.05, 3.63) is 22.8 Å². The highest BCUT2D eigenvalue weighted by molar-refractivity contribution is 9.10. The number of anilines is 1. The van der Waals surface area contributed by atoms with Gasteiger partial charge in [-0.15, -0.1) is 0 Å². The molecule has 19 heavy (non-hydrogen) atoms. The van der Waals surface area contributed by atoms with Crippen molar-refractivity contribution in [2.45, 2.75) is 12.8 Å². The van der Waals surface area contributed by atoms with Gasteiger partial charge in [0.15, 0.2) is 0 Å². The summed E-state index contributed by atoms with van der Waals surface area (Å²) in [6, 6.07) is 3.85. The number of pyridine rings is 1. The second-order valence-corrected chi connectivity index (χ2v) is 6.97. The van der Waals surface area contributed by atoms with Crippen LogP contribution in [0.4, 0.5) is 5.82 Å². The molecule has 1 aliphatic rings. The lowest BCUT2D eigenvalue weighted by Gasteiger charge is -2.33. The van der Waals surface area contributed by atoms with Crippen molar-refractivity contribution in [1.29, 1.82) is 0 Å². The van der Waals surface area contributed by atoms with Crippen LogP contribution in [0.3, 0.4) is 0 Å². The van der Waals surface area contributed by atoms with Crippen molar-refractivity contribution in [3.8, 4) is 0 Å². The highest BCUT2D eigenvalue weighted by atomic mass is 79.9. The Morgan fingerprint density at radius 2 is 2.37 bits per heavy atom. The van der Waals surface area contributed by atoms with Gasteiger partial charge in [-0.25, -0.2) is 14.8 Å². The van der Waals surface area contributed by atoms with E-state index in [2.05, 4.69) is 30.5 Å². The monoisotopic (exact) mass is 348 g/mol. The highest BCUT2D eigenvalue weighted by Gasteiger charge is 2.21. The molecule has 3 N–H and O–H groups in total. The molecule has 106 valence electrons. The summed E-state index contributed by atoms with van der Waals surface area (Å²) >= 11 is 3.43. The number of rotatable bonds is 4. The van der Waals surface area contributed by atoms with Crippen LogP contribution in [-0.4, -0.2) is 33.0 Å². The Morgan fingerprint density at radius 3 is 3.05 bits per heavy atom. The van der Waals surface area contributed by atoms with Gasteiger partial charge in [-0.05, 0) is 30.9 Å². The minimum absolute atomic E-state index is 0.257. The molecule has 1 aromatic heterocycles. The lowest BCUT2D eigenvalue weighted by Crippen LogP contribution is -2.42. The molecule has 8 heteroatoms. The standard InChI is InChI=1S/C11H17BrN4O2S/c12-10-3-4-14-11(6-10)16-5-1-2-9(8-16)7-15-19(13,17)18/h3-4,6,9,15H,1-2,5,7-8H2,(H2,13,17,18). The van der Waals surface area contributed by atoms with Crippen LogP contribution >= 0.6 is 15.9 Å². The number of halogens is 1. The van der Waals surface area contributed by atoms with Crippen molar-refractivity contribution in [2.24, 2.45) is 11.1 Å². The van der Waals surface area contributed by atoms with Crippen molar-refractivity contribution < 1.29 is 8.42 Å². The molecule has 0 radical (unpaired) electrons. The third-order valence-corrected chi connectivity index (χ3v) is 4.19. The first-order chi connectivity index (χ1) is 8.94.